The van der Waals surface area contributed by atoms with Crippen LogP contribution in [-0.2, 0) is 14.9 Å². The molecule has 0 heterocycles. The van der Waals surface area contributed by atoms with Gasteiger partial charge in [0.2, 0.25) is 5.91 Å². The van der Waals surface area contributed by atoms with Gasteiger partial charge in [0.15, 0.2) is 0 Å². The van der Waals surface area contributed by atoms with Crippen molar-refractivity contribution in [2.45, 2.75) is 109 Å². The molecule has 0 saturated heterocycles. The summed E-state index contributed by atoms with van der Waals surface area (Å²) in [7, 11) is -4.94. The van der Waals surface area contributed by atoms with Crippen LogP contribution in [0.2, 0.25) is 0 Å². The van der Waals surface area contributed by atoms with Gasteiger partial charge in [-0.1, -0.05) is 20.8 Å². The summed E-state index contributed by atoms with van der Waals surface area (Å²) in [6.45, 7) is -1.40. The molecule has 12 atom stereocenters. The van der Waals surface area contributed by atoms with Gasteiger partial charge in [0.1, 0.15) is 12.6 Å². The second-order valence-corrected chi connectivity index (χ2v) is 16.4. The van der Waals surface area contributed by atoms with Crippen molar-refractivity contribution in [2.75, 3.05) is 39.3 Å². The van der Waals surface area contributed by atoms with Gasteiger partial charge in [0.05, 0.1) is 62.9 Å². The van der Waals surface area contributed by atoms with E-state index < -0.39 is 71.1 Å². The molecular formula is C32H58N2O8S. The quantitative estimate of drug-likeness (QED) is 0.123. The molecule has 4 saturated carbocycles. The fourth-order valence-electron chi connectivity index (χ4n) is 10.1. The van der Waals surface area contributed by atoms with Crippen molar-refractivity contribution in [1.29, 1.82) is 0 Å². The summed E-state index contributed by atoms with van der Waals surface area (Å²) in [5.74, 6) is -0.699. The van der Waals surface area contributed by atoms with E-state index in [1.807, 2.05) is 0 Å². The molecule has 4 aliphatic rings. The van der Waals surface area contributed by atoms with Crippen molar-refractivity contribution in [3.8, 4) is 0 Å². The van der Waals surface area contributed by atoms with Gasteiger partial charge in [0.25, 0.3) is 0 Å². The molecule has 0 spiro atoms. The van der Waals surface area contributed by atoms with E-state index in [1.54, 1.807) is 0 Å². The Hall–Kier alpha value is -0.820. The van der Waals surface area contributed by atoms with Crippen molar-refractivity contribution in [3.05, 3.63) is 0 Å². The molecule has 250 valence electrons. The van der Waals surface area contributed by atoms with Crippen molar-refractivity contribution in [3.63, 3.8) is 0 Å². The second-order valence-electron chi connectivity index (χ2n) is 15.0. The summed E-state index contributed by atoms with van der Waals surface area (Å²) >= 11 is 0. The molecule has 1 amide bonds. The van der Waals surface area contributed by atoms with Crippen molar-refractivity contribution in [2.24, 2.45) is 46.3 Å². The SMILES string of the molecule is [2H]C([2H])([2H])[N+](CCCNC(=O)CC[C@@H](C)[C@H]1CC[C@H]2[C@@H]3[C@H](O)C[C@@H]4C[C@H](O)CC[C@]4(C)[C@H]3C[C@H](O)[C@]12C)(CC(O)CS(=O)(=O)[O-])C([2H])([2H])[2H]. The average Bonchev–Trinajstić information content (AvgIpc) is 3.31. The van der Waals surface area contributed by atoms with E-state index in [9.17, 15) is 38.2 Å². The van der Waals surface area contributed by atoms with Gasteiger partial charge in [-0.25, -0.2) is 8.42 Å². The molecule has 1 unspecified atom stereocenters. The normalized spacial score (nSPS) is 43.7. The predicted molar refractivity (Wildman–Crippen MR) is 162 cm³/mol. The van der Waals surface area contributed by atoms with E-state index in [2.05, 4.69) is 26.1 Å². The number of hydrogen-bond donors (Lipinski definition) is 5. The second kappa shape index (κ2) is 13.1. The first kappa shape index (κ1) is 27.3. The maximum Gasteiger partial charge on any atom is 0.220 e. The van der Waals surface area contributed by atoms with Crippen LogP contribution in [0.1, 0.15) is 93.2 Å². The molecule has 0 radical (unpaired) electrons. The highest BCUT2D eigenvalue weighted by Crippen LogP contribution is 2.68. The molecule has 4 aliphatic carbocycles. The molecule has 5 N–H and O–H groups in total. The first-order valence-corrected chi connectivity index (χ1v) is 17.7. The number of aliphatic hydroxyl groups excluding tert-OH is 4. The number of carbonyl (C=O) groups excluding carboxylic acids is 1. The molecule has 0 aromatic carbocycles. The fraction of sp³-hybridized carbons (Fsp3) is 0.969. The number of nitrogens with zero attached hydrogens (tertiary/aromatic N) is 1. The lowest BCUT2D eigenvalue weighted by Gasteiger charge is -2.63. The number of carbonyl (C=O) groups is 1. The van der Waals surface area contributed by atoms with Gasteiger partial charge in [-0.3, -0.25) is 4.79 Å². The molecule has 0 bridgehead atoms. The Bertz CT molecular complexity index is 1270. The number of fused-ring (bicyclic) bond motifs is 5. The molecule has 0 aliphatic heterocycles. The summed E-state index contributed by atoms with van der Waals surface area (Å²) in [4.78, 5) is 12.9. The zero-order valence-electron chi connectivity index (χ0n) is 32.0. The van der Waals surface area contributed by atoms with E-state index in [0.717, 1.165) is 25.7 Å². The van der Waals surface area contributed by atoms with Crippen LogP contribution >= 0.6 is 0 Å². The summed E-state index contributed by atoms with van der Waals surface area (Å²) in [6, 6.07) is 0. The van der Waals surface area contributed by atoms with Crippen LogP contribution in [0.5, 0.6) is 0 Å². The van der Waals surface area contributed by atoms with E-state index in [4.69, 9.17) is 8.22 Å². The van der Waals surface area contributed by atoms with Crippen molar-refractivity contribution in [1.82, 2.24) is 5.32 Å². The maximum absolute atomic E-state index is 12.9. The summed E-state index contributed by atoms with van der Waals surface area (Å²) in [5.41, 5.74) is -0.423. The number of hydrogen-bond acceptors (Lipinski definition) is 8. The van der Waals surface area contributed by atoms with Gasteiger partial charge in [-0.2, -0.15) is 0 Å². The summed E-state index contributed by atoms with van der Waals surface area (Å²) in [6.07, 6.45) is 2.72. The molecule has 11 heteroatoms. The zero-order chi connectivity index (χ0) is 37.0. The largest absolute Gasteiger partial charge is 0.748 e. The van der Waals surface area contributed by atoms with Gasteiger partial charge >= 0.3 is 0 Å². The maximum atomic E-state index is 12.9. The third-order valence-corrected chi connectivity index (χ3v) is 13.1. The number of nitrogens with one attached hydrogen (secondary N) is 1. The topological polar surface area (TPSA) is 167 Å². The number of rotatable bonds is 12. The Morgan fingerprint density at radius 2 is 1.84 bits per heavy atom. The smallest absolute Gasteiger partial charge is 0.220 e. The number of quaternary nitrogens is 1. The molecule has 43 heavy (non-hydrogen) atoms. The van der Waals surface area contributed by atoms with Gasteiger partial charge in [-0.05, 0) is 97.7 Å². The molecule has 0 aromatic heterocycles. The van der Waals surface area contributed by atoms with Crippen LogP contribution in [-0.4, -0.2) is 108 Å². The minimum atomic E-state index is -4.94. The van der Waals surface area contributed by atoms with Crippen LogP contribution in [0, 0.1) is 46.3 Å². The minimum absolute atomic E-state index is 0.0177. The monoisotopic (exact) mass is 636 g/mol. The fourth-order valence-corrected chi connectivity index (χ4v) is 10.7. The highest BCUT2D eigenvalue weighted by atomic mass is 32.2. The molecular weight excluding hydrogens is 572 g/mol. The van der Waals surface area contributed by atoms with Gasteiger partial charge in [-0.15, -0.1) is 0 Å². The molecule has 0 aromatic rings. The third-order valence-electron chi connectivity index (χ3n) is 12.3. The molecule has 4 rings (SSSR count). The number of aliphatic hydroxyl groups is 4. The first-order chi connectivity index (χ1) is 22.4. The molecule has 4 fully saturated rings. The lowest BCUT2D eigenvalue weighted by atomic mass is 9.43. The van der Waals surface area contributed by atoms with Crippen LogP contribution in [0.3, 0.4) is 0 Å². The van der Waals surface area contributed by atoms with Crippen LogP contribution in [0.4, 0.5) is 0 Å². The molecule has 10 nitrogen and oxygen atoms in total. The Morgan fingerprint density at radius 1 is 1.12 bits per heavy atom. The summed E-state index contributed by atoms with van der Waals surface area (Å²) in [5, 5.41) is 46.5. The lowest BCUT2D eigenvalue weighted by molar-refractivity contribution is -0.893. The van der Waals surface area contributed by atoms with E-state index >= 15 is 0 Å². The van der Waals surface area contributed by atoms with E-state index in [0.29, 0.717) is 25.7 Å². The van der Waals surface area contributed by atoms with Gasteiger partial charge in [0, 0.05) is 19.4 Å². The van der Waals surface area contributed by atoms with Crippen LogP contribution in [0.25, 0.3) is 0 Å². The van der Waals surface area contributed by atoms with E-state index in [1.165, 1.54) is 0 Å². The Labute approximate surface area is 267 Å². The number of amides is 1. The van der Waals surface area contributed by atoms with Crippen LogP contribution in [0.15, 0.2) is 0 Å². The Balaban J connectivity index is 1.34. The van der Waals surface area contributed by atoms with Crippen molar-refractivity contribution >= 4 is 16.0 Å². The van der Waals surface area contributed by atoms with Crippen molar-refractivity contribution < 1.29 is 50.9 Å². The zero-order valence-corrected chi connectivity index (χ0v) is 26.8. The van der Waals surface area contributed by atoms with Gasteiger partial charge < -0.3 is 34.8 Å². The Morgan fingerprint density at radius 3 is 2.51 bits per heavy atom. The number of likely N-dealkylation sites (N-methyl/N-ethyl adjacent to an activating group) is 1. The highest BCUT2D eigenvalue weighted by molar-refractivity contribution is 7.85. The Kier molecular flexibility index (Phi) is 8.33. The third kappa shape index (κ3) is 7.60. The predicted octanol–water partition coefficient (Wildman–Crippen LogP) is 1.85. The minimum Gasteiger partial charge on any atom is -0.748 e. The van der Waals surface area contributed by atoms with Crippen LogP contribution < -0.4 is 5.32 Å². The standard InChI is InChI=1S/C32H58N2O8S/c1-20(7-10-29(39)33-13-6-14-34(4,5)18-23(36)19-43(40,41)42)24-8-9-25-30-26(17-28(38)32(24,25)3)31(2)12-11-22(35)15-21(31)16-27(30)37/h20-28,30,35-38H,6-19H2,1-5H3,(H-,33,39,40,41,42)/t20-,21+,22-,23?,24-,25+,26+,27-,28+,30+,31+,32-/m1/s1/i4D3,5D3. The lowest BCUT2D eigenvalue weighted by Crippen LogP contribution is -2.62. The highest BCUT2D eigenvalue weighted by Gasteiger charge is 2.65. The van der Waals surface area contributed by atoms with E-state index in [-0.39, 0.29) is 72.3 Å². The first-order valence-electron chi connectivity index (χ1n) is 19.2. The summed E-state index contributed by atoms with van der Waals surface area (Å²) < 4.78 is 79.3. The average molecular weight is 637 g/mol.